The van der Waals surface area contributed by atoms with Crippen molar-refractivity contribution in [1.29, 1.82) is 0 Å². The summed E-state index contributed by atoms with van der Waals surface area (Å²) in [6, 6.07) is 5.32. The van der Waals surface area contributed by atoms with Crippen LogP contribution in [0.5, 0.6) is 0 Å². The van der Waals surface area contributed by atoms with Crippen LogP contribution in [0.1, 0.15) is 5.56 Å². The first-order valence-electron chi connectivity index (χ1n) is 3.08. The summed E-state index contributed by atoms with van der Waals surface area (Å²) in [5.41, 5.74) is 0.922. The van der Waals surface area contributed by atoms with E-state index in [1.165, 1.54) is 0 Å². The van der Waals surface area contributed by atoms with Crippen LogP contribution in [-0.2, 0) is 0 Å². The minimum Gasteiger partial charge on any atom is -0.126 e. The Kier molecular flexibility index (Phi) is 3.50. The van der Waals surface area contributed by atoms with Crippen LogP contribution in [0, 0.1) is 6.42 Å². The molecule has 1 aromatic carbocycles. The van der Waals surface area contributed by atoms with Gasteiger partial charge in [0.15, 0.2) is 0 Å². The van der Waals surface area contributed by atoms with Crippen LogP contribution in [0.25, 0.3) is 0 Å². The first-order valence-corrected chi connectivity index (χ1v) is 4.37. The van der Waals surface area contributed by atoms with E-state index in [1.807, 2.05) is 12.5 Å². The van der Waals surface area contributed by atoms with Crippen molar-refractivity contribution in [2.24, 2.45) is 0 Å². The molecular formula is C8H6Cl3. The van der Waals surface area contributed by atoms with E-state index < -0.39 is 0 Å². The van der Waals surface area contributed by atoms with Gasteiger partial charge in [0, 0.05) is 22.3 Å². The van der Waals surface area contributed by atoms with Gasteiger partial charge in [0.2, 0.25) is 0 Å². The van der Waals surface area contributed by atoms with Crippen molar-refractivity contribution in [3.63, 3.8) is 0 Å². The Balaban J connectivity index is 2.90. The minimum atomic E-state index is 0.460. The second-order valence-electron chi connectivity index (χ2n) is 2.02. The highest BCUT2D eigenvalue weighted by molar-refractivity contribution is 6.35. The van der Waals surface area contributed by atoms with E-state index in [0.29, 0.717) is 15.9 Å². The normalized spacial score (nSPS) is 10.1. The zero-order valence-corrected chi connectivity index (χ0v) is 7.92. The van der Waals surface area contributed by atoms with Gasteiger partial charge in [0.1, 0.15) is 0 Å². The van der Waals surface area contributed by atoms with E-state index in [1.54, 1.807) is 12.1 Å². The Morgan fingerprint density at radius 1 is 1.27 bits per heavy atom. The fourth-order valence-electron chi connectivity index (χ4n) is 0.750. The lowest BCUT2D eigenvalue weighted by molar-refractivity contribution is 1.43. The molecule has 1 rings (SSSR count). The molecule has 11 heavy (non-hydrogen) atoms. The summed E-state index contributed by atoms with van der Waals surface area (Å²) < 4.78 is 0. The highest BCUT2D eigenvalue weighted by Gasteiger charge is 1.99. The third kappa shape index (κ3) is 2.55. The number of hydrogen-bond donors (Lipinski definition) is 0. The van der Waals surface area contributed by atoms with E-state index in [4.69, 9.17) is 34.8 Å². The molecule has 0 heterocycles. The molecule has 0 saturated carbocycles. The Morgan fingerprint density at radius 2 is 2.00 bits per heavy atom. The number of halogens is 3. The lowest BCUT2D eigenvalue weighted by Gasteiger charge is -2.00. The molecule has 0 aliphatic heterocycles. The summed E-state index contributed by atoms with van der Waals surface area (Å²) in [6.45, 7) is 0. The first-order chi connectivity index (χ1) is 5.24. The molecule has 0 fully saturated rings. The molecule has 59 valence electrons. The summed E-state index contributed by atoms with van der Waals surface area (Å²) in [5.74, 6) is 0.460. The van der Waals surface area contributed by atoms with Crippen molar-refractivity contribution in [2.75, 3.05) is 5.88 Å². The second kappa shape index (κ2) is 4.20. The van der Waals surface area contributed by atoms with Crippen molar-refractivity contribution in [2.45, 2.75) is 0 Å². The van der Waals surface area contributed by atoms with Gasteiger partial charge in [-0.1, -0.05) is 29.3 Å². The number of alkyl halides is 1. The van der Waals surface area contributed by atoms with Crippen molar-refractivity contribution in [3.8, 4) is 0 Å². The van der Waals surface area contributed by atoms with Gasteiger partial charge >= 0.3 is 0 Å². The molecule has 1 aromatic rings. The molecule has 0 aromatic heterocycles. The highest BCUT2D eigenvalue weighted by Crippen LogP contribution is 2.22. The van der Waals surface area contributed by atoms with Gasteiger partial charge in [-0.05, 0) is 17.7 Å². The molecule has 0 amide bonds. The summed E-state index contributed by atoms with van der Waals surface area (Å²) >= 11 is 17.0. The van der Waals surface area contributed by atoms with Crippen LogP contribution in [0.2, 0.25) is 10.0 Å². The number of benzene rings is 1. The second-order valence-corrected chi connectivity index (χ2v) is 3.18. The monoisotopic (exact) mass is 207 g/mol. The van der Waals surface area contributed by atoms with E-state index in [2.05, 4.69) is 0 Å². The molecule has 0 unspecified atom stereocenters. The van der Waals surface area contributed by atoms with Crippen molar-refractivity contribution in [3.05, 3.63) is 40.2 Å². The molecular weight excluding hydrogens is 202 g/mol. The summed E-state index contributed by atoms with van der Waals surface area (Å²) in [5, 5.41) is 1.28. The van der Waals surface area contributed by atoms with Gasteiger partial charge in [-0.25, -0.2) is 0 Å². The molecule has 0 N–H and O–H groups in total. The molecule has 3 heteroatoms. The van der Waals surface area contributed by atoms with Crippen molar-refractivity contribution >= 4 is 34.8 Å². The topological polar surface area (TPSA) is 0 Å². The van der Waals surface area contributed by atoms with Gasteiger partial charge in [-0.15, -0.1) is 11.6 Å². The van der Waals surface area contributed by atoms with Crippen LogP contribution in [0.15, 0.2) is 18.2 Å². The predicted molar refractivity (Wildman–Crippen MR) is 50.6 cm³/mol. The van der Waals surface area contributed by atoms with Crippen LogP contribution < -0.4 is 0 Å². The van der Waals surface area contributed by atoms with Crippen LogP contribution in [-0.4, -0.2) is 5.88 Å². The average Bonchev–Trinajstić information content (AvgIpc) is 1.95. The Hall–Kier alpha value is 0.0900. The zero-order chi connectivity index (χ0) is 8.27. The molecule has 0 spiro atoms. The molecule has 0 saturated heterocycles. The summed E-state index contributed by atoms with van der Waals surface area (Å²) in [7, 11) is 0. The average molecular weight is 208 g/mol. The smallest absolute Gasteiger partial charge is 0.0456 e. The van der Waals surface area contributed by atoms with Gasteiger partial charge in [-0.3, -0.25) is 0 Å². The Labute approximate surface area is 81.1 Å². The number of hydrogen-bond acceptors (Lipinski definition) is 0. The Morgan fingerprint density at radius 3 is 2.55 bits per heavy atom. The SMILES string of the molecule is ClC[CH]c1ccc(Cl)cc1Cl. The van der Waals surface area contributed by atoms with Gasteiger partial charge in [0.25, 0.3) is 0 Å². The largest absolute Gasteiger partial charge is 0.126 e. The minimum absolute atomic E-state index is 0.460. The van der Waals surface area contributed by atoms with Gasteiger partial charge in [-0.2, -0.15) is 0 Å². The molecule has 1 radical (unpaired) electrons. The molecule has 0 aliphatic rings. The summed E-state index contributed by atoms with van der Waals surface area (Å²) in [4.78, 5) is 0. The van der Waals surface area contributed by atoms with E-state index >= 15 is 0 Å². The third-order valence-corrected chi connectivity index (χ3v) is 1.98. The lowest BCUT2D eigenvalue weighted by Crippen LogP contribution is -1.83. The zero-order valence-electron chi connectivity index (χ0n) is 5.65. The van der Waals surface area contributed by atoms with Crippen LogP contribution in [0.3, 0.4) is 0 Å². The van der Waals surface area contributed by atoms with Gasteiger partial charge < -0.3 is 0 Å². The fourth-order valence-corrected chi connectivity index (χ4v) is 1.40. The molecule has 0 nitrogen and oxygen atoms in total. The summed E-state index contributed by atoms with van der Waals surface area (Å²) in [6.07, 6.45) is 1.83. The molecule has 0 aliphatic carbocycles. The van der Waals surface area contributed by atoms with E-state index in [0.717, 1.165) is 5.56 Å². The van der Waals surface area contributed by atoms with E-state index in [9.17, 15) is 0 Å². The maximum atomic E-state index is 5.83. The lowest BCUT2D eigenvalue weighted by atomic mass is 10.2. The predicted octanol–water partition coefficient (Wildman–Crippen LogP) is 3.78. The quantitative estimate of drug-likeness (QED) is 0.649. The van der Waals surface area contributed by atoms with Crippen LogP contribution in [0.4, 0.5) is 0 Å². The maximum absolute atomic E-state index is 5.83. The van der Waals surface area contributed by atoms with Crippen molar-refractivity contribution < 1.29 is 0 Å². The maximum Gasteiger partial charge on any atom is 0.0456 e. The Bertz CT molecular complexity index is 245. The third-order valence-electron chi connectivity index (χ3n) is 1.26. The fraction of sp³-hybridized carbons (Fsp3) is 0.125. The highest BCUT2D eigenvalue weighted by atomic mass is 35.5. The molecule has 0 atom stereocenters. The van der Waals surface area contributed by atoms with Crippen LogP contribution >= 0.6 is 34.8 Å². The van der Waals surface area contributed by atoms with E-state index in [-0.39, 0.29) is 0 Å². The molecule has 0 bridgehead atoms. The number of rotatable bonds is 2. The first kappa shape index (κ1) is 9.18. The standard InChI is InChI=1S/C8H6Cl3/c9-4-3-6-1-2-7(10)5-8(6)11/h1-3,5H,4H2. The van der Waals surface area contributed by atoms with Gasteiger partial charge in [0.05, 0.1) is 0 Å². The van der Waals surface area contributed by atoms with Crippen molar-refractivity contribution in [1.82, 2.24) is 0 Å².